The lowest BCUT2D eigenvalue weighted by atomic mass is 9.83. The zero-order chi connectivity index (χ0) is 18.8. The number of guanidine groups is 1. The number of nitrogens with one attached hydrogen (secondary N) is 2. The second kappa shape index (κ2) is 10.0. The molecule has 1 aromatic carbocycles. The molecule has 4 N–H and O–H groups in total. The van der Waals surface area contributed by atoms with Gasteiger partial charge in [0, 0.05) is 20.1 Å². The van der Waals surface area contributed by atoms with Crippen molar-refractivity contribution in [2.24, 2.45) is 16.1 Å². The number of benzene rings is 1. The fourth-order valence-corrected chi connectivity index (χ4v) is 3.50. The number of nitrogens with two attached hydrogens (primary N) is 1. The average Bonchev–Trinajstić information content (AvgIpc) is 3.13. The minimum Gasteiger partial charge on any atom is -0.484 e. The van der Waals surface area contributed by atoms with Crippen LogP contribution in [0.1, 0.15) is 44.6 Å². The monoisotopic (exact) mass is 360 g/mol. The predicted molar refractivity (Wildman–Crippen MR) is 105 cm³/mol. The van der Waals surface area contributed by atoms with Crippen LogP contribution in [-0.4, -0.2) is 38.6 Å². The summed E-state index contributed by atoms with van der Waals surface area (Å²) in [6.45, 7) is 4.00. The van der Waals surface area contributed by atoms with Crippen LogP contribution in [0.5, 0.6) is 5.75 Å². The topological polar surface area (TPSA) is 88.7 Å². The standard InChI is InChI=1S/C20H32N4O2/c1-3-20(11-4-5-12-20)15-24-19(22-2)23-13-10-16-6-8-17(9-7-16)26-14-18(21)25/h6-9H,3-5,10-15H2,1-2H3,(H2,21,25)(H2,22,23,24). The Kier molecular flexibility index (Phi) is 7.75. The van der Waals surface area contributed by atoms with E-state index >= 15 is 0 Å². The summed E-state index contributed by atoms with van der Waals surface area (Å²) in [4.78, 5) is 15.1. The lowest BCUT2D eigenvalue weighted by Crippen LogP contribution is -2.43. The average molecular weight is 361 g/mol. The van der Waals surface area contributed by atoms with Crippen molar-refractivity contribution in [2.75, 3.05) is 26.7 Å². The molecule has 0 unspecified atom stereocenters. The maximum absolute atomic E-state index is 10.7. The third kappa shape index (κ3) is 6.24. The fourth-order valence-electron chi connectivity index (χ4n) is 3.50. The highest BCUT2D eigenvalue weighted by Gasteiger charge is 2.31. The van der Waals surface area contributed by atoms with Gasteiger partial charge in [-0.05, 0) is 48.8 Å². The first-order chi connectivity index (χ1) is 12.6. The molecule has 6 nitrogen and oxygen atoms in total. The normalized spacial score (nSPS) is 16.3. The van der Waals surface area contributed by atoms with Gasteiger partial charge >= 0.3 is 0 Å². The fraction of sp³-hybridized carbons (Fsp3) is 0.600. The molecular formula is C20H32N4O2. The summed E-state index contributed by atoms with van der Waals surface area (Å²) in [5.74, 6) is 1.05. The molecule has 1 amide bonds. The summed E-state index contributed by atoms with van der Waals surface area (Å²) in [6.07, 6.45) is 7.44. The Morgan fingerprint density at radius 3 is 2.50 bits per heavy atom. The van der Waals surface area contributed by atoms with Crippen molar-refractivity contribution in [1.29, 1.82) is 0 Å². The van der Waals surface area contributed by atoms with E-state index in [2.05, 4.69) is 22.5 Å². The van der Waals surface area contributed by atoms with Gasteiger partial charge < -0.3 is 21.1 Å². The Labute approximate surface area is 156 Å². The van der Waals surface area contributed by atoms with Gasteiger partial charge in [0.1, 0.15) is 5.75 Å². The van der Waals surface area contributed by atoms with E-state index in [0.29, 0.717) is 11.2 Å². The number of amides is 1. The van der Waals surface area contributed by atoms with E-state index in [0.717, 1.165) is 25.5 Å². The number of ether oxygens (including phenoxy) is 1. The van der Waals surface area contributed by atoms with Gasteiger partial charge in [0.05, 0.1) is 0 Å². The lowest BCUT2D eigenvalue weighted by molar-refractivity contribution is -0.119. The third-order valence-corrected chi connectivity index (χ3v) is 5.28. The molecule has 6 heteroatoms. The van der Waals surface area contributed by atoms with E-state index in [4.69, 9.17) is 10.5 Å². The van der Waals surface area contributed by atoms with E-state index in [-0.39, 0.29) is 6.61 Å². The minimum atomic E-state index is -0.473. The SMILES string of the molecule is CCC1(CNC(=NC)NCCc2ccc(OCC(N)=O)cc2)CCCC1. The number of carbonyl (C=O) groups is 1. The molecule has 0 heterocycles. The maximum Gasteiger partial charge on any atom is 0.255 e. The number of hydrogen-bond acceptors (Lipinski definition) is 3. The molecule has 1 aromatic rings. The summed E-state index contributed by atoms with van der Waals surface area (Å²) >= 11 is 0. The molecule has 0 radical (unpaired) electrons. The number of hydrogen-bond donors (Lipinski definition) is 3. The zero-order valence-electron chi connectivity index (χ0n) is 16.0. The highest BCUT2D eigenvalue weighted by atomic mass is 16.5. The Morgan fingerprint density at radius 1 is 1.23 bits per heavy atom. The van der Waals surface area contributed by atoms with Crippen LogP contribution in [0.4, 0.5) is 0 Å². The molecule has 26 heavy (non-hydrogen) atoms. The van der Waals surface area contributed by atoms with Crippen LogP contribution in [-0.2, 0) is 11.2 Å². The van der Waals surface area contributed by atoms with Crippen molar-refractivity contribution >= 4 is 11.9 Å². The van der Waals surface area contributed by atoms with Crippen LogP contribution in [0, 0.1) is 5.41 Å². The quantitative estimate of drug-likeness (QED) is 0.465. The first-order valence-electron chi connectivity index (χ1n) is 9.51. The first kappa shape index (κ1) is 20.1. The molecule has 1 aliphatic carbocycles. The van der Waals surface area contributed by atoms with Crippen LogP contribution in [0.2, 0.25) is 0 Å². The Balaban J connectivity index is 1.72. The van der Waals surface area contributed by atoms with Crippen molar-refractivity contribution in [1.82, 2.24) is 10.6 Å². The van der Waals surface area contributed by atoms with Gasteiger partial charge in [0.25, 0.3) is 5.91 Å². The van der Waals surface area contributed by atoms with E-state index in [9.17, 15) is 4.79 Å². The molecule has 0 atom stereocenters. The van der Waals surface area contributed by atoms with Crippen LogP contribution in [0.25, 0.3) is 0 Å². The van der Waals surface area contributed by atoms with Gasteiger partial charge in [-0.15, -0.1) is 0 Å². The molecule has 1 aliphatic rings. The lowest BCUT2D eigenvalue weighted by Gasteiger charge is -2.28. The predicted octanol–water partition coefficient (Wildman–Crippen LogP) is 2.23. The number of primary amides is 1. The van der Waals surface area contributed by atoms with Gasteiger partial charge in [0.2, 0.25) is 0 Å². The van der Waals surface area contributed by atoms with Gasteiger partial charge in [0.15, 0.2) is 12.6 Å². The number of rotatable bonds is 9. The Morgan fingerprint density at radius 2 is 1.92 bits per heavy atom. The molecule has 0 bridgehead atoms. The number of nitrogens with zero attached hydrogens (tertiary/aromatic N) is 1. The van der Waals surface area contributed by atoms with Crippen molar-refractivity contribution in [3.8, 4) is 5.75 Å². The molecule has 0 saturated heterocycles. The van der Waals surface area contributed by atoms with Gasteiger partial charge in [-0.3, -0.25) is 9.79 Å². The number of carbonyl (C=O) groups excluding carboxylic acids is 1. The zero-order valence-corrected chi connectivity index (χ0v) is 16.0. The highest BCUT2D eigenvalue weighted by molar-refractivity contribution is 5.79. The molecule has 2 rings (SSSR count). The maximum atomic E-state index is 10.7. The summed E-state index contributed by atoms with van der Waals surface area (Å²) < 4.78 is 5.26. The van der Waals surface area contributed by atoms with Crippen molar-refractivity contribution in [3.05, 3.63) is 29.8 Å². The van der Waals surface area contributed by atoms with Crippen LogP contribution < -0.4 is 21.1 Å². The van der Waals surface area contributed by atoms with E-state index in [1.165, 1.54) is 37.7 Å². The highest BCUT2D eigenvalue weighted by Crippen LogP contribution is 2.40. The second-order valence-electron chi connectivity index (χ2n) is 7.06. The van der Waals surface area contributed by atoms with E-state index in [1.807, 2.05) is 31.3 Å². The Hall–Kier alpha value is -2.24. The largest absolute Gasteiger partial charge is 0.484 e. The van der Waals surface area contributed by atoms with Crippen LogP contribution >= 0.6 is 0 Å². The molecule has 1 saturated carbocycles. The molecule has 0 aromatic heterocycles. The smallest absolute Gasteiger partial charge is 0.255 e. The van der Waals surface area contributed by atoms with E-state index < -0.39 is 5.91 Å². The summed E-state index contributed by atoms with van der Waals surface area (Å²) in [6, 6.07) is 7.71. The molecule has 0 spiro atoms. The van der Waals surface area contributed by atoms with Crippen molar-refractivity contribution in [2.45, 2.75) is 45.4 Å². The molecule has 144 valence electrons. The minimum absolute atomic E-state index is 0.0951. The first-order valence-corrected chi connectivity index (χ1v) is 9.51. The van der Waals surface area contributed by atoms with E-state index in [1.54, 1.807) is 0 Å². The van der Waals surface area contributed by atoms with Gasteiger partial charge in [-0.25, -0.2) is 0 Å². The summed E-state index contributed by atoms with van der Waals surface area (Å²) in [7, 11) is 1.81. The number of aliphatic imine (C=N–C) groups is 1. The van der Waals surface area contributed by atoms with Gasteiger partial charge in [-0.1, -0.05) is 31.9 Å². The summed E-state index contributed by atoms with van der Waals surface area (Å²) in [5.41, 5.74) is 6.71. The Bertz CT molecular complexity index is 592. The third-order valence-electron chi connectivity index (χ3n) is 5.28. The summed E-state index contributed by atoms with van der Waals surface area (Å²) in [5, 5.41) is 6.89. The van der Waals surface area contributed by atoms with Crippen LogP contribution in [0.15, 0.2) is 29.3 Å². The van der Waals surface area contributed by atoms with Crippen molar-refractivity contribution < 1.29 is 9.53 Å². The van der Waals surface area contributed by atoms with Crippen LogP contribution in [0.3, 0.4) is 0 Å². The second-order valence-corrected chi connectivity index (χ2v) is 7.06. The molecule has 1 fully saturated rings. The molecular weight excluding hydrogens is 328 g/mol. The van der Waals surface area contributed by atoms with Gasteiger partial charge in [-0.2, -0.15) is 0 Å². The molecule has 0 aliphatic heterocycles. The van der Waals surface area contributed by atoms with Crippen molar-refractivity contribution in [3.63, 3.8) is 0 Å².